The molecule has 0 aromatic heterocycles. The highest BCUT2D eigenvalue weighted by Gasteiger charge is 2.20. The lowest BCUT2D eigenvalue weighted by Gasteiger charge is -2.21. The summed E-state index contributed by atoms with van der Waals surface area (Å²) in [5.74, 6) is -0.122. The Kier molecular flexibility index (Phi) is 5.62. The van der Waals surface area contributed by atoms with Crippen molar-refractivity contribution >= 4 is 27.5 Å². The van der Waals surface area contributed by atoms with Crippen LogP contribution in [0.15, 0.2) is 40.9 Å². The number of ether oxygens (including phenoxy) is 1. The zero-order chi connectivity index (χ0) is 15.4. The van der Waals surface area contributed by atoms with E-state index in [1.165, 1.54) is 7.11 Å². The fraction of sp³-hybridized carbons (Fsp3) is 0.250. The van der Waals surface area contributed by atoms with Gasteiger partial charge in [0, 0.05) is 10.0 Å². The average molecular weight is 373 g/mol. The first-order valence-electron chi connectivity index (χ1n) is 6.59. The SMILES string of the molecule is CCNC(c1ccc(Br)c(Cl)c1)c1cccc(OC)c1F. The molecule has 0 radical (unpaired) electrons. The summed E-state index contributed by atoms with van der Waals surface area (Å²) in [6.45, 7) is 2.68. The fourth-order valence-electron chi connectivity index (χ4n) is 2.21. The van der Waals surface area contributed by atoms with E-state index in [0.717, 1.165) is 10.0 Å². The highest BCUT2D eigenvalue weighted by molar-refractivity contribution is 9.10. The third kappa shape index (κ3) is 3.57. The van der Waals surface area contributed by atoms with Gasteiger partial charge in [-0.15, -0.1) is 0 Å². The normalized spacial score (nSPS) is 12.2. The molecular weight excluding hydrogens is 357 g/mol. The lowest BCUT2D eigenvalue weighted by Crippen LogP contribution is -2.23. The number of halogens is 3. The van der Waals surface area contributed by atoms with E-state index < -0.39 is 0 Å². The lowest BCUT2D eigenvalue weighted by molar-refractivity contribution is 0.382. The maximum atomic E-state index is 14.5. The second kappa shape index (κ2) is 7.25. The van der Waals surface area contributed by atoms with E-state index in [1.54, 1.807) is 18.2 Å². The van der Waals surface area contributed by atoms with Crippen LogP contribution in [0.5, 0.6) is 5.75 Å². The minimum Gasteiger partial charge on any atom is -0.494 e. The van der Waals surface area contributed by atoms with Crippen LogP contribution in [-0.2, 0) is 0 Å². The smallest absolute Gasteiger partial charge is 0.170 e. The quantitative estimate of drug-likeness (QED) is 0.802. The summed E-state index contributed by atoms with van der Waals surface area (Å²) >= 11 is 9.52. The molecule has 21 heavy (non-hydrogen) atoms. The average Bonchev–Trinajstić information content (AvgIpc) is 2.48. The van der Waals surface area contributed by atoms with Crippen LogP contribution in [0.2, 0.25) is 5.02 Å². The van der Waals surface area contributed by atoms with E-state index in [1.807, 2.05) is 25.1 Å². The predicted octanol–water partition coefficient (Wildman–Crippen LogP) is 4.95. The van der Waals surface area contributed by atoms with Crippen LogP contribution in [0.1, 0.15) is 24.1 Å². The topological polar surface area (TPSA) is 21.3 Å². The molecule has 1 unspecified atom stereocenters. The van der Waals surface area contributed by atoms with Crippen LogP contribution in [0.3, 0.4) is 0 Å². The van der Waals surface area contributed by atoms with Crippen LogP contribution in [-0.4, -0.2) is 13.7 Å². The maximum Gasteiger partial charge on any atom is 0.170 e. The number of hydrogen-bond acceptors (Lipinski definition) is 2. The molecule has 5 heteroatoms. The molecule has 0 saturated heterocycles. The van der Waals surface area contributed by atoms with Crippen LogP contribution >= 0.6 is 27.5 Å². The number of hydrogen-bond donors (Lipinski definition) is 1. The Morgan fingerprint density at radius 2 is 2.10 bits per heavy atom. The summed E-state index contributed by atoms with van der Waals surface area (Å²) in [6, 6.07) is 10.5. The third-order valence-electron chi connectivity index (χ3n) is 3.21. The van der Waals surface area contributed by atoms with Crippen LogP contribution in [0.25, 0.3) is 0 Å². The molecule has 2 aromatic rings. The molecule has 0 aliphatic rings. The Morgan fingerprint density at radius 3 is 2.71 bits per heavy atom. The highest BCUT2D eigenvalue weighted by Crippen LogP contribution is 2.32. The summed E-state index contributed by atoms with van der Waals surface area (Å²) in [6.07, 6.45) is 0. The van der Waals surface area contributed by atoms with Gasteiger partial charge in [0.05, 0.1) is 18.2 Å². The van der Waals surface area contributed by atoms with Gasteiger partial charge in [0.25, 0.3) is 0 Å². The first-order valence-corrected chi connectivity index (χ1v) is 7.76. The van der Waals surface area contributed by atoms with Crippen molar-refractivity contribution in [1.29, 1.82) is 0 Å². The van der Waals surface area contributed by atoms with Crippen molar-refractivity contribution in [2.75, 3.05) is 13.7 Å². The summed E-state index contributed by atoms with van der Waals surface area (Å²) < 4.78 is 20.4. The number of nitrogens with one attached hydrogen (secondary N) is 1. The van der Waals surface area contributed by atoms with E-state index >= 15 is 0 Å². The van der Waals surface area contributed by atoms with Gasteiger partial charge in [-0.2, -0.15) is 0 Å². The Labute approximate surface area is 137 Å². The van der Waals surface area contributed by atoms with Gasteiger partial charge in [-0.25, -0.2) is 4.39 Å². The highest BCUT2D eigenvalue weighted by atomic mass is 79.9. The van der Waals surface area contributed by atoms with Gasteiger partial charge in [-0.1, -0.05) is 36.7 Å². The summed E-state index contributed by atoms with van der Waals surface area (Å²) in [7, 11) is 1.46. The largest absolute Gasteiger partial charge is 0.494 e. The first-order chi connectivity index (χ1) is 10.1. The Morgan fingerprint density at radius 1 is 1.33 bits per heavy atom. The Hall–Kier alpha value is -1.10. The molecule has 2 aromatic carbocycles. The van der Waals surface area contributed by atoms with Gasteiger partial charge in [0.1, 0.15) is 0 Å². The predicted molar refractivity (Wildman–Crippen MR) is 87.6 cm³/mol. The van der Waals surface area contributed by atoms with Gasteiger partial charge in [0.2, 0.25) is 0 Å². The van der Waals surface area contributed by atoms with E-state index in [0.29, 0.717) is 17.1 Å². The van der Waals surface area contributed by atoms with Crippen molar-refractivity contribution in [3.8, 4) is 5.75 Å². The van der Waals surface area contributed by atoms with Crippen molar-refractivity contribution < 1.29 is 9.13 Å². The molecule has 0 fully saturated rings. The molecule has 2 nitrogen and oxygen atoms in total. The molecule has 0 heterocycles. The monoisotopic (exact) mass is 371 g/mol. The Balaban J connectivity index is 2.50. The third-order valence-corrected chi connectivity index (χ3v) is 4.44. The fourth-order valence-corrected chi connectivity index (χ4v) is 2.65. The molecule has 0 aliphatic carbocycles. The molecule has 1 atom stereocenters. The van der Waals surface area contributed by atoms with E-state index in [9.17, 15) is 4.39 Å². The van der Waals surface area contributed by atoms with Crippen molar-refractivity contribution in [2.24, 2.45) is 0 Å². The van der Waals surface area contributed by atoms with E-state index in [2.05, 4.69) is 21.2 Å². The van der Waals surface area contributed by atoms with Gasteiger partial charge >= 0.3 is 0 Å². The molecule has 112 valence electrons. The second-order valence-electron chi connectivity index (χ2n) is 4.53. The summed E-state index contributed by atoms with van der Waals surface area (Å²) in [5.41, 5.74) is 1.44. The molecular formula is C16H16BrClFNO. The molecule has 0 bridgehead atoms. The number of benzene rings is 2. The zero-order valence-electron chi connectivity index (χ0n) is 11.8. The Bertz CT molecular complexity index is 636. The van der Waals surface area contributed by atoms with Crippen molar-refractivity contribution in [3.05, 3.63) is 62.8 Å². The molecule has 1 N–H and O–H groups in total. The molecule has 0 spiro atoms. The van der Waals surface area contributed by atoms with Gasteiger partial charge in [-0.3, -0.25) is 0 Å². The minimum absolute atomic E-state index is 0.235. The maximum absolute atomic E-state index is 14.5. The van der Waals surface area contributed by atoms with E-state index in [4.69, 9.17) is 16.3 Å². The minimum atomic E-state index is -0.356. The zero-order valence-corrected chi connectivity index (χ0v) is 14.1. The van der Waals surface area contributed by atoms with E-state index in [-0.39, 0.29) is 17.6 Å². The van der Waals surface area contributed by atoms with Crippen LogP contribution in [0.4, 0.5) is 4.39 Å². The molecule has 0 amide bonds. The molecule has 2 rings (SSSR count). The number of methoxy groups -OCH3 is 1. The lowest BCUT2D eigenvalue weighted by atomic mass is 9.98. The number of rotatable bonds is 5. The molecule has 0 saturated carbocycles. The van der Waals surface area contributed by atoms with Gasteiger partial charge in [0.15, 0.2) is 11.6 Å². The standard InChI is InChI=1S/C16H16BrClFNO/c1-3-20-16(10-7-8-12(17)13(18)9-10)11-5-4-6-14(21-2)15(11)19/h4-9,16,20H,3H2,1-2H3. The van der Waals surface area contributed by atoms with Crippen LogP contribution < -0.4 is 10.1 Å². The van der Waals surface area contributed by atoms with Crippen molar-refractivity contribution in [2.45, 2.75) is 13.0 Å². The van der Waals surface area contributed by atoms with Crippen molar-refractivity contribution in [1.82, 2.24) is 5.32 Å². The first kappa shape index (κ1) is 16.3. The van der Waals surface area contributed by atoms with Gasteiger partial charge < -0.3 is 10.1 Å². The van der Waals surface area contributed by atoms with Crippen LogP contribution in [0, 0.1) is 5.82 Å². The summed E-state index contributed by atoms with van der Waals surface area (Å²) in [5, 5.41) is 3.88. The second-order valence-corrected chi connectivity index (χ2v) is 5.79. The van der Waals surface area contributed by atoms with Gasteiger partial charge in [-0.05, 0) is 46.2 Å². The van der Waals surface area contributed by atoms with Crippen molar-refractivity contribution in [3.63, 3.8) is 0 Å². The molecule has 0 aliphatic heterocycles. The summed E-state index contributed by atoms with van der Waals surface area (Å²) in [4.78, 5) is 0.